The number of hydrogen-bond donors (Lipinski definition) is 1. The maximum absolute atomic E-state index is 5.48. The molecule has 15 heavy (non-hydrogen) atoms. The Bertz CT molecular complexity index is 162. The lowest BCUT2D eigenvalue weighted by Gasteiger charge is -2.32. The molecular formula is C12H26N2O. The average Bonchev–Trinajstić information content (AvgIpc) is 2.20. The zero-order chi connectivity index (χ0) is 11.1. The molecule has 1 aliphatic heterocycles. The molecule has 0 bridgehead atoms. The van der Waals surface area contributed by atoms with Crippen molar-refractivity contribution in [1.82, 2.24) is 10.2 Å². The quantitative estimate of drug-likeness (QED) is 0.678. The summed E-state index contributed by atoms with van der Waals surface area (Å²) in [5, 5.41) is 3.47. The highest BCUT2D eigenvalue weighted by atomic mass is 16.5. The summed E-state index contributed by atoms with van der Waals surface area (Å²) >= 11 is 0. The molecule has 0 saturated carbocycles. The Morgan fingerprint density at radius 3 is 2.87 bits per heavy atom. The monoisotopic (exact) mass is 214 g/mol. The highest BCUT2D eigenvalue weighted by Gasteiger charge is 2.17. The lowest BCUT2D eigenvalue weighted by atomic mass is 10.0. The maximum atomic E-state index is 5.48. The van der Waals surface area contributed by atoms with Crippen molar-refractivity contribution in [3.63, 3.8) is 0 Å². The SMILES string of the molecule is CC(C)OCCNCC1CCCCN1C. The molecule has 3 nitrogen and oxygen atoms in total. The first-order chi connectivity index (χ1) is 7.20. The van der Waals surface area contributed by atoms with Crippen molar-refractivity contribution in [1.29, 1.82) is 0 Å². The molecule has 1 heterocycles. The van der Waals surface area contributed by atoms with Gasteiger partial charge in [0.25, 0.3) is 0 Å². The van der Waals surface area contributed by atoms with Gasteiger partial charge in [0.05, 0.1) is 12.7 Å². The first kappa shape index (κ1) is 12.9. The number of nitrogens with zero attached hydrogens (tertiary/aromatic N) is 1. The molecule has 1 rings (SSSR count). The molecule has 1 atom stereocenters. The molecule has 3 heteroatoms. The van der Waals surface area contributed by atoms with Crippen molar-refractivity contribution in [2.24, 2.45) is 0 Å². The predicted molar refractivity (Wildman–Crippen MR) is 64.2 cm³/mol. The summed E-state index contributed by atoms with van der Waals surface area (Å²) in [6, 6.07) is 0.734. The smallest absolute Gasteiger partial charge is 0.0594 e. The van der Waals surface area contributed by atoms with Crippen LogP contribution in [0, 0.1) is 0 Å². The fourth-order valence-corrected chi connectivity index (χ4v) is 2.04. The average molecular weight is 214 g/mol. The Morgan fingerprint density at radius 2 is 2.20 bits per heavy atom. The second-order valence-corrected chi connectivity index (χ2v) is 4.75. The van der Waals surface area contributed by atoms with Crippen molar-refractivity contribution in [2.45, 2.75) is 45.3 Å². The van der Waals surface area contributed by atoms with Crippen LogP contribution in [-0.2, 0) is 4.74 Å². The summed E-state index contributed by atoms with van der Waals surface area (Å²) in [6.07, 6.45) is 4.45. The van der Waals surface area contributed by atoms with Crippen LogP contribution in [0.25, 0.3) is 0 Å². The van der Waals surface area contributed by atoms with Crippen LogP contribution in [0.15, 0.2) is 0 Å². The largest absolute Gasteiger partial charge is 0.377 e. The zero-order valence-electron chi connectivity index (χ0n) is 10.5. The Hall–Kier alpha value is -0.120. The summed E-state index contributed by atoms with van der Waals surface area (Å²) in [6.45, 7) is 8.33. The van der Waals surface area contributed by atoms with E-state index in [4.69, 9.17) is 4.74 Å². The van der Waals surface area contributed by atoms with Gasteiger partial charge in [-0.1, -0.05) is 6.42 Å². The first-order valence-corrected chi connectivity index (χ1v) is 6.22. The van der Waals surface area contributed by atoms with Crippen molar-refractivity contribution in [2.75, 3.05) is 33.3 Å². The van der Waals surface area contributed by atoms with Crippen LogP contribution < -0.4 is 5.32 Å². The van der Waals surface area contributed by atoms with Gasteiger partial charge >= 0.3 is 0 Å². The van der Waals surface area contributed by atoms with Gasteiger partial charge in [-0.2, -0.15) is 0 Å². The van der Waals surface area contributed by atoms with Crippen LogP contribution >= 0.6 is 0 Å². The number of hydrogen-bond acceptors (Lipinski definition) is 3. The normalized spacial score (nSPS) is 23.6. The van der Waals surface area contributed by atoms with Gasteiger partial charge in [0, 0.05) is 19.1 Å². The topological polar surface area (TPSA) is 24.5 Å². The Morgan fingerprint density at radius 1 is 1.40 bits per heavy atom. The lowest BCUT2D eigenvalue weighted by Crippen LogP contribution is -2.43. The van der Waals surface area contributed by atoms with E-state index in [2.05, 4.69) is 31.1 Å². The highest BCUT2D eigenvalue weighted by molar-refractivity contribution is 4.75. The Balaban J connectivity index is 1.99. The van der Waals surface area contributed by atoms with Crippen molar-refractivity contribution in [3.8, 4) is 0 Å². The van der Waals surface area contributed by atoms with E-state index in [9.17, 15) is 0 Å². The summed E-state index contributed by atoms with van der Waals surface area (Å²) in [5.41, 5.74) is 0. The summed E-state index contributed by atoms with van der Waals surface area (Å²) in [7, 11) is 2.23. The van der Waals surface area contributed by atoms with Crippen LogP contribution in [0.2, 0.25) is 0 Å². The lowest BCUT2D eigenvalue weighted by molar-refractivity contribution is 0.0789. The third-order valence-corrected chi connectivity index (χ3v) is 3.03. The van der Waals surface area contributed by atoms with Crippen molar-refractivity contribution >= 4 is 0 Å². The molecule has 0 radical (unpaired) electrons. The van der Waals surface area contributed by atoms with Gasteiger partial charge in [0.15, 0.2) is 0 Å². The number of ether oxygens (including phenoxy) is 1. The van der Waals surface area contributed by atoms with Gasteiger partial charge in [0.1, 0.15) is 0 Å². The van der Waals surface area contributed by atoms with E-state index in [1.807, 2.05) is 0 Å². The molecule has 0 spiro atoms. The molecule has 1 N–H and O–H groups in total. The predicted octanol–water partition coefficient (Wildman–Crippen LogP) is 1.49. The molecule has 1 saturated heterocycles. The molecule has 1 fully saturated rings. The van der Waals surface area contributed by atoms with Crippen molar-refractivity contribution in [3.05, 3.63) is 0 Å². The number of likely N-dealkylation sites (N-methyl/N-ethyl adjacent to an activating group) is 1. The third kappa shape index (κ3) is 5.50. The van der Waals surface area contributed by atoms with E-state index >= 15 is 0 Å². The van der Waals surface area contributed by atoms with E-state index in [1.54, 1.807) is 0 Å². The van der Waals surface area contributed by atoms with Gasteiger partial charge in [0.2, 0.25) is 0 Å². The number of piperidine rings is 1. The van der Waals surface area contributed by atoms with Gasteiger partial charge in [-0.25, -0.2) is 0 Å². The molecule has 0 aliphatic carbocycles. The fourth-order valence-electron chi connectivity index (χ4n) is 2.04. The standard InChI is InChI=1S/C12H26N2O/c1-11(2)15-9-7-13-10-12-6-4-5-8-14(12)3/h11-13H,4-10H2,1-3H3. The summed E-state index contributed by atoms with van der Waals surface area (Å²) < 4.78 is 5.48. The van der Waals surface area contributed by atoms with E-state index in [-0.39, 0.29) is 0 Å². The molecule has 0 aromatic heterocycles. The van der Waals surface area contributed by atoms with E-state index in [0.717, 1.165) is 25.7 Å². The molecule has 0 aromatic carbocycles. The third-order valence-electron chi connectivity index (χ3n) is 3.03. The minimum Gasteiger partial charge on any atom is -0.377 e. The van der Waals surface area contributed by atoms with Crippen molar-refractivity contribution < 1.29 is 4.74 Å². The highest BCUT2D eigenvalue weighted by Crippen LogP contribution is 2.13. The zero-order valence-corrected chi connectivity index (χ0v) is 10.5. The maximum Gasteiger partial charge on any atom is 0.0594 e. The summed E-state index contributed by atoms with van der Waals surface area (Å²) in [4.78, 5) is 2.47. The second-order valence-electron chi connectivity index (χ2n) is 4.75. The Labute approximate surface area is 94.2 Å². The molecule has 0 amide bonds. The van der Waals surface area contributed by atoms with Crippen LogP contribution in [0.1, 0.15) is 33.1 Å². The van der Waals surface area contributed by atoms with Gasteiger partial charge in [-0.15, -0.1) is 0 Å². The first-order valence-electron chi connectivity index (χ1n) is 6.22. The van der Waals surface area contributed by atoms with Crippen LogP contribution in [0.5, 0.6) is 0 Å². The van der Waals surface area contributed by atoms with Gasteiger partial charge < -0.3 is 15.0 Å². The minimum atomic E-state index is 0.351. The minimum absolute atomic E-state index is 0.351. The fraction of sp³-hybridized carbons (Fsp3) is 1.00. The number of rotatable bonds is 6. The van der Waals surface area contributed by atoms with Crippen LogP contribution in [0.3, 0.4) is 0 Å². The Kier molecular flexibility index (Phi) is 6.22. The molecule has 0 aromatic rings. The van der Waals surface area contributed by atoms with E-state index < -0.39 is 0 Å². The van der Waals surface area contributed by atoms with Gasteiger partial charge in [-0.05, 0) is 40.3 Å². The number of likely N-dealkylation sites (tertiary alicyclic amines) is 1. The van der Waals surface area contributed by atoms with Gasteiger partial charge in [-0.3, -0.25) is 0 Å². The van der Waals surface area contributed by atoms with E-state index in [0.29, 0.717) is 6.10 Å². The number of nitrogens with one attached hydrogen (secondary N) is 1. The second kappa shape index (κ2) is 7.20. The van der Waals surface area contributed by atoms with Crippen LogP contribution in [-0.4, -0.2) is 50.3 Å². The molecular weight excluding hydrogens is 188 g/mol. The molecule has 1 aliphatic rings. The molecule has 1 unspecified atom stereocenters. The van der Waals surface area contributed by atoms with Crippen LogP contribution in [0.4, 0.5) is 0 Å². The van der Waals surface area contributed by atoms with E-state index in [1.165, 1.54) is 25.8 Å². The summed E-state index contributed by atoms with van der Waals surface area (Å²) in [5.74, 6) is 0. The molecule has 90 valence electrons.